The highest BCUT2D eigenvalue weighted by Gasteiger charge is 2.15. The van der Waals surface area contributed by atoms with Crippen LogP contribution in [0.15, 0.2) is 65.1 Å². The molecule has 0 aromatic heterocycles. The van der Waals surface area contributed by atoms with E-state index in [1.807, 2.05) is 66.7 Å². The van der Waals surface area contributed by atoms with E-state index in [1.54, 1.807) is 0 Å². The van der Waals surface area contributed by atoms with E-state index in [9.17, 15) is 5.26 Å². The molecule has 29 heavy (non-hydrogen) atoms. The van der Waals surface area contributed by atoms with Gasteiger partial charge in [-0.3, -0.25) is 0 Å². The molecular weight excluding hydrogens is 454 g/mol. The largest absolute Gasteiger partial charge is 0.488 e. The minimum absolute atomic E-state index is 0.203. The first kappa shape index (κ1) is 19.4. The zero-order valence-electron chi connectivity index (χ0n) is 15.2. The maximum atomic E-state index is 9.61. The summed E-state index contributed by atoms with van der Waals surface area (Å²) in [4.78, 5) is 0. The first-order valence-corrected chi connectivity index (χ1v) is 9.98. The molecule has 1 aliphatic heterocycles. The van der Waals surface area contributed by atoms with Crippen molar-refractivity contribution in [3.8, 4) is 23.3 Å². The molecule has 6 heteroatoms. The number of nitrogens with zero attached hydrogens (tertiary/aromatic N) is 1. The van der Waals surface area contributed by atoms with Crippen molar-refractivity contribution < 1.29 is 14.2 Å². The number of hydrogen-bond donors (Lipinski definition) is 0. The van der Waals surface area contributed by atoms with Crippen LogP contribution in [0.4, 0.5) is 0 Å². The third-order valence-electron chi connectivity index (χ3n) is 4.38. The summed E-state index contributed by atoms with van der Waals surface area (Å²) in [6.07, 6.45) is 1.82. The van der Waals surface area contributed by atoms with E-state index in [0.29, 0.717) is 28.7 Å². The summed E-state index contributed by atoms with van der Waals surface area (Å²) in [5.41, 5.74) is 3.21. The molecule has 144 valence electrons. The maximum absolute atomic E-state index is 9.61. The third kappa shape index (κ3) is 4.56. The topological polar surface area (TPSA) is 51.5 Å². The Kier molecular flexibility index (Phi) is 5.75. The molecule has 0 amide bonds. The van der Waals surface area contributed by atoms with Crippen molar-refractivity contribution in [2.45, 2.75) is 6.61 Å². The lowest BCUT2D eigenvalue weighted by Gasteiger charge is -2.09. The minimum Gasteiger partial charge on any atom is -0.488 e. The zero-order chi connectivity index (χ0) is 20.2. The van der Waals surface area contributed by atoms with Crippen LogP contribution in [0.2, 0.25) is 5.02 Å². The van der Waals surface area contributed by atoms with Gasteiger partial charge in [-0.2, -0.15) is 5.26 Å². The van der Waals surface area contributed by atoms with Gasteiger partial charge < -0.3 is 14.2 Å². The van der Waals surface area contributed by atoms with E-state index in [1.165, 1.54) is 0 Å². The van der Waals surface area contributed by atoms with E-state index in [0.717, 1.165) is 26.9 Å². The summed E-state index contributed by atoms with van der Waals surface area (Å²) >= 11 is 9.45. The fourth-order valence-electron chi connectivity index (χ4n) is 2.88. The van der Waals surface area contributed by atoms with Crippen molar-refractivity contribution in [3.05, 3.63) is 86.8 Å². The number of halogens is 2. The van der Waals surface area contributed by atoms with Gasteiger partial charge in [-0.15, -0.1) is 0 Å². The highest BCUT2D eigenvalue weighted by atomic mass is 79.9. The van der Waals surface area contributed by atoms with Crippen molar-refractivity contribution in [1.29, 1.82) is 5.26 Å². The monoisotopic (exact) mass is 467 g/mol. The van der Waals surface area contributed by atoms with Crippen LogP contribution in [0.25, 0.3) is 11.6 Å². The molecule has 3 aromatic rings. The molecular formula is C23H15BrClNO3. The average Bonchev–Trinajstić information content (AvgIpc) is 3.20. The van der Waals surface area contributed by atoms with Crippen molar-refractivity contribution in [3.63, 3.8) is 0 Å². The van der Waals surface area contributed by atoms with Gasteiger partial charge >= 0.3 is 0 Å². The Hall–Kier alpha value is -2.94. The first-order valence-electron chi connectivity index (χ1n) is 8.81. The van der Waals surface area contributed by atoms with Crippen LogP contribution < -0.4 is 14.2 Å². The van der Waals surface area contributed by atoms with E-state index in [-0.39, 0.29) is 6.79 Å². The predicted octanol–water partition coefficient (Wildman–Crippen LogP) is 6.47. The Labute approximate surface area is 182 Å². The molecule has 0 bridgehead atoms. The lowest BCUT2D eigenvalue weighted by atomic mass is 10.0. The first-order chi connectivity index (χ1) is 14.1. The number of benzene rings is 3. The van der Waals surface area contributed by atoms with Gasteiger partial charge in [0, 0.05) is 5.02 Å². The predicted molar refractivity (Wildman–Crippen MR) is 116 cm³/mol. The fraction of sp³-hybridized carbons (Fsp3) is 0.0870. The quantitative estimate of drug-likeness (QED) is 0.318. The van der Waals surface area contributed by atoms with Crippen molar-refractivity contribution in [2.24, 2.45) is 0 Å². The molecule has 4 nitrogen and oxygen atoms in total. The van der Waals surface area contributed by atoms with Crippen LogP contribution in [0, 0.1) is 11.3 Å². The van der Waals surface area contributed by atoms with Crippen molar-refractivity contribution >= 4 is 39.2 Å². The summed E-state index contributed by atoms with van der Waals surface area (Å²) < 4.78 is 17.4. The average molecular weight is 469 g/mol. The smallest absolute Gasteiger partial charge is 0.231 e. The highest BCUT2D eigenvalue weighted by Crippen LogP contribution is 2.35. The fourth-order valence-corrected chi connectivity index (χ4v) is 3.51. The van der Waals surface area contributed by atoms with Gasteiger partial charge in [-0.25, -0.2) is 0 Å². The summed E-state index contributed by atoms with van der Waals surface area (Å²) in [6.45, 7) is 0.639. The van der Waals surface area contributed by atoms with Crippen LogP contribution in [-0.4, -0.2) is 6.79 Å². The van der Waals surface area contributed by atoms with Gasteiger partial charge in [0.1, 0.15) is 12.4 Å². The standard InChI is InChI=1S/C23H15BrClNO3/c24-20-10-16(3-7-21(20)27-13-15-1-5-19(25)6-2-15)9-18(12-26)17-4-8-22-23(11-17)29-14-28-22/h1-11H,13-14H2/b18-9-. The van der Waals surface area contributed by atoms with Crippen LogP contribution in [0.1, 0.15) is 16.7 Å². The maximum Gasteiger partial charge on any atom is 0.231 e. The molecule has 3 aromatic carbocycles. The third-order valence-corrected chi connectivity index (χ3v) is 5.25. The van der Waals surface area contributed by atoms with Crippen LogP contribution >= 0.6 is 27.5 Å². The second-order valence-electron chi connectivity index (χ2n) is 6.34. The SMILES string of the molecule is N#C/C(=C/c1ccc(OCc2ccc(Cl)cc2)c(Br)c1)c1ccc2c(c1)OCO2. The van der Waals surface area contributed by atoms with Gasteiger partial charge in [0.15, 0.2) is 11.5 Å². The Bertz CT molecular complexity index is 1120. The van der Waals surface area contributed by atoms with Gasteiger partial charge in [0.05, 0.1) is 16.1 Å². The number of rotatable bonds is 5. The molecule has 0 aliphatic carbocycles. The van der Waals surface area contributed by atoms with E-state index in [2.05, 4.69) is 22.0 Å². The van der Waals surface area contributed by atoms with Crippen LogP contribution in [0.3, 0.4) is 0 Å². The molecule has 1 heterocycles. The molecule has 0 unspecified atom stereocenters. The summed E-state index contributed by atoms with van der Waals surface area (Å²) in [6, 6.07) is 21.0. The normalized spacial score (nSPS) is 12.5. The van der Waals surface area contributed by atoms with E-state index >= 15 is 0 Å². The van der Waals surface area contributed by atoms with E-state index in [4.69, 9.17) is 25.8 Å². The molecule has 0 fully saturated rings. The van der Waals surface area contributed by atoms with E-state index < -0.39 is 0 Å². The zero-order valence-corrected chi connectivity index (χ0v) is 17.5. The Morgan fingerprint density at radius 3 is 2.62 bits per heavy atom. The number of hydrogen-bond acceptors (Lipinski definition) is 4. The van der Waals surface area contributed by atoms with Crippen molar-refractivity contribution in [1.82, 2.24) is 0 Å². The molecule has 0 atom stereocenters. The number of allylic oxidation sites excluding steroid dienone is 1. The van der Waals surface area contributed by atoms with Gasteiger partial charge in [0.25, 0.3) is 0 Å². The Balaban J connectivity index is 1.51. The minimum atomic E-state index is 0.203. The lowest BCUT2D eigenvalue weighted by Crippen LogP contribution is -1.96. The summed E-state index contributed by atoms with van der Waals surface area (Å²) in [5, 5.41) is 10.3. The Morgan fingerprint density at radius 2 is 1.86 bits per heavy atom. The molecule has 0 N–H and O–H groups in total. The van der Waals surface area contributed by atoms with Crippen LogP contribution in [-0.2, 0) is 6.61 Å². The number of fused-ring (bicyclic) bond motifs is 1. The Morgan fingerprint density at radius 1 is 1.07 bits per heavy atom. The molecule has 0 saturated heterocycles. The second kappa shape index (κ2) is 8.60. The van der Waals surface area contributed by atoms with Crippen molar-refractivity contribution in [2.75, 3.05) is 6.79 Å². The lowest BCUT2D eigenvalue weighted by molar-refractivity contribution is 0.174. The molecule has 1 aliphatic rings. The number of ether oxygens (including phenoxy) is 3. The summed E-state index contributed by atoms with van der Waals surface area (Å²) in [5.74, 6) is 2.06. The number of nitriles is 1. The van der Waals surface area contributed by atoms with Gasteiger partial charge in [-0.05, 0) is 81.2 Å². The highest BCUT2D eigenvalue weighted by molar-refractivity contribution is 9.10. The molecule has 0 saturated carbocycles. The summed E-state index contributed by atoms with van der Waals surface area (Å²) in [7, 11) is 0. The second-order valence-corrected chi connectivity index (χ2v) is 7.63. The van der Waals surface area contributed by atoms with Crippen LogP contribution in [0.5, 0.6) is 17.2 Å². The molecule has 0 spiro atoms. The molecule has 0 radical (unpaired) electrons. The van der Waals surface area contributed by atoms with Gasteiger partial charge in [-0.1, -0.05) is 29.8 Å². The molecule has 4 rings (SSSR count). The van der Waals surface area contributed by atoms with Gasteiger partial charge in [0.2, 0.25) is 6.79 Å².